The molecule has 0 N–H and O–H groups in total. The fourth-order valence-electron chi connectivity index (χ4n) is 1.58. The highest BCUT2D eigenvalue weighted by Gasteiger charge is 2.26. The van der Waals surface area contributed by atoms with Crippen molar-refractivity contribution >= 4 is 27.4 Å². The molecule has 0 amide bonds. The minimum atomic E-state index is -4.69. The summed E-state index contributed by atoms with van der Waals surface area (Å²) in [6.07, 6.45) is 0. The van der Waals surface area contributed by atoms with Crippen LogP contribution in [0.5, 0.6) is 5.75 Å². The number of rotatable bonds is 4. The number of esters is 1. The molecular weight excluding hydrogens is 338 g/mol. The molecule has 22 heavy (non-hydrogen) atoms. The molecule has 0 saturated carbocycles. The molecular formula is C14H9ClF2O4S. The van der Waals surface area contributed by atoms with E-state index in [1.54, 1.807) is 12.1 Å². The van der Waals surface area contributed by atoms with Crippen molar-refractivity contribution in [2.75, 3.05) is 0 Å². The second-order valence-corrected chi connectivity index (χ2v) is 6.53. The SMILES string of the molecule is O=C(Oc1cccc(Cl)c1)c1ccc(S(=O)(=O)C(F)F)cc1. The Bertz CT molecular complexity index is 789. The second-order valence-electron chi connectivity index (χ2n) is 4.18. The largest absolute Gasteiger partial charge is 0.423 e. The molecule has 2 aromatic rings. The van der Waals surface area contributed by atoms with Gasteiger partial charge in [0.2, 0.25) is 9.84 Å². The molecule has 0 saturated heterocycles. The van der Waals surface area contributed by atoms with Gasteiger partial charge in [-0.2, -0.15) is 8.78 Å². The molecule has 0 heterocycles. The van der Waals surface area contributed by atoms with Crippen molar-refractivity contribution in [1.82, 2.24) is 0 Å². The summed E-state index contributed by atoms with van der Waals surface area (Å²) in [6, 6.07) is 10.2. The van der Waals surface area contributed by atoms with E-state index in [4.69, 9.17) is 16.3 Å². The Kier molecular flexibility index (Phi) is 4.77. The van der Waals surface area contributed by atoms with Crippen molar-refractivity contribution in [3.8, 4) is 5.75 Å². The van der Waals surface area contributed by atoms with E-state index in [1.807, 2.05) is 0 Å². The first-order valence-corrected chi connectivity index (χ1v) is 7.83. The van der Waals surface area contributed by atoms with Crippen LogP contribution in [0.25, 0.3) is 0 Å². The van der Waals surface area contributed by atoms with Crippen molar-refractivity contribution in [3.05, 3.63) is 59.1 Å². The maximum atomic E-state index is 12.4. The molecule has 8 heteroatoms. The number of carbonyl (C=O) groups is 1. The van der Waals surface area contributed by atoms with Crippen LogP contribution in [0.4, 0.5) is 8.78 Å². The number of alkyl halides is 2. The summed E-state index contributed by atoms with van der Waals surface area (Å²) >= 11 is 5.75. The lowest BCUT2D eigenvalue weighted by Crippen LogP contribution is -2.12. The van der Waals surface area contributed by atoms with E-state index >= 15 is 0 Å². The third kappa shape index (κ3) is 3.61. The van der Waals surface area contributed by atoms with Crippen molar-refractivity contribution in [2.24, 2.45) is 0 Å². The zero-order valence-electron chi connectivity index (χ0n) is 10.9. The predicted octanol–water partition coefficient (Wildman–Crippen LogP) is 3.56. The average molecular weight is 347 g/mol. The van der Waals surface area contributed by atoms with Gasteiger partial charge in [0.05, 0.1) is 10.5 Å². The van der Waals surface area contributed by atoms with Gasteiger partial charge in [-0.1, -0.05) is 17.7 Å². The van der Waals surface area contributed by atoms with Crippen LogP contribution >= 0.6 is 11.6 Å². The lowest BCUT2D eigenvalue weighted by molar-refractivity contribution is 0.0734. The summed E-state index contributed by atoms with van der Waals surface area (Å²) in [4.78, 5) is 11.3. The quantitative estimate of drug-likeness (QED) is 0.627. The number of ether oxygens (including phenoxy) is 1. The summed E-state index contributed by atoms with van der Waals surface area (Å²) in [5.41, 5.74) is 0.0215. The van der Waals surface area contributed by atoms with Crippen molar-refractivity contribution < 1.29 is 26.7 Å². The smallest absolute Gasteiger partial charge is 0.343 e. The van der Waals surface area contributed by atoms with Gasteiger partial charge in [0.25, 0.3) is 0 Å². The van der Waals surface area contributed by atoms with Gasteiger partial charge >= 0.3 is 11.7 Å². The zero-order valence-corrected chi connectivity index (χ0v) is 12.4. The molecule has 0 aliphatic rings. The summed E-state index contributed by atoms with van der Waals surface area (Å²) in [6.45, 7) is 0. The molecule has 0 spiro atoms. The highest BCUT2D eigenvalue weighted by atomic mass is 35.5. The molecule has 4 nitrogen and oxygen atoms in total. The van der Waals surface area contributed by atoms with Gasteiger partial charge in [-0.3, -0.25) is 0 Å². The zero-order chi connectivity index (χ0) is 16.3. The molecule has 0 radical (unpaired) electrons. The first kappa shape index (κ1) is 16.4. The first-order chi connectivity index (χ1) is 10.3. The van der Waals surface area contributed by atoms with Crippen LogP contribution in [0.2, 0.25) is 5.02 Å². The van der Waals surface area contributed by atoms with Gasteiger partial charge in [-0.15, -0.1) is 0 Å². The second kappa shape index (κ2) is 6.41. The third-order valence-corrected chi connectivity index (χ3v) is 4.29. The van der Waals surface area contributed by atoms with Gasteiger partial charge in [0.15, 0.2) is 0 Å². The molecule has 0 aromatic heterocycles. The number of sulfone groups is 1. The van der Waals surface area contributed by atoms with Crippen molar-refractivity contribution in [3.63, 3.8) is 0 Å². The monoisotopic (exact) mass is 346 g/mol. The van der Waals surface area contributed by atoms with Crippen LogP contribution < -0.4 is 4.74 Å². The number of halogens is 3. The van der Waals surface area contributed by atoms with Crippen LogP contribution in [-0.2, 0) is 9.84 Å². The van der Waals surface area contributed by atoms with E-state index < -0.39 is 26.5 Å². The Labute approximate surface area is 130 Å². The first-order valence-electron chi connectivity index (χ1n) is 5.90. The standard InChI is InChI=1S/C14H9ClF2O4S/c15-10-2-1-3-11(8-10)21-13(18)9-4-6-12(7-5-9)22(19,20)14(16)17/h1-8,14H. The minimum absolute atomic E-state index is 0.0215. The number of hydrogen-bond acceptors (Lipinski definition) is 4. The van der Waals surface area contributed by atoms with Gasteiger partial charge in [0.1, 0.15) is 5.75 Å². The maximum Gasteiger partial charge on any atom is 0.343 e. The summed E-state index contributed by atoms with van der Waals surface area (Å²) in [7, 11) is -4.69. The summed E-state index contributed by atoms with van der Waals surface area (Å²) < 4.78 is 52.3. The average Bonchev–Trinajstić information content (AvgIpc) is 2.47. The molecule has 0 aliphatic heterocycles. The summed E-state index contributed by atoms with van der Waals surface area (Å²) in [5.74, 6) is -4.07. The van der Waals surface area contributed by atoms with Gasteiger partial charge in [-0.25, -0.2) is 13.2 Å². The van der Waals surface area contributed by atoms with Crippen molar-refractivity contribution in [1.29, 1.82) is 0 Å². The molecule has 0 atom stereocenters. The molecule has 2 aromatic carbocycles. The fourth-order valence-corrected chi connectivity index (χ4v) is 2.48. The summed E-state index contributed by atoms with van der Waals surface area (Å²) in [5, 5.41) is 0.378. The molecule has 0 unspecified atom stereocenters. The topological polar surface area (TPSA) is 60.4 Å². The van der Waals surface area contributed by atoms with E-state index in [0.717, 1.165) is 24.3 Å². The van der Waals surface area contributed by atoms with Gasteiger partial charge in [0, 0.05) is 5.02 Å². The van der Waals surface area contributed by atoms with Crippen molar-refractivity contribution in [2.45, 2.75) is 10.7 Å². The number of hydrogen-bond donors (Lipinski definition) is 0. The fraction of sp³-hybridized carbons (Fsp3) is 0.0714. The molecule has 2 rings (SSSR count). The van der Waals surface area contributed by atoms with E-state index in [-0.39, 0.29) is 11.3 Å². The Morgan fingerprint density at radius 3 is 2.27 bits per heavy atom. The van der Waals surface area contributed by atoms with E-state index in [0.29, 0.717) is 5.02 Å². The van der Waals surface area contributed by atoms with Crippen LogP contribution in [0, 0.1) is 0 Å². The highest BCUT2D eigenvalue weighted by molar-refractivity contribution is 7.91. The van der Waals surface area contributed by atoms with Crippen LogP contribution in [0.3, 0.4) is 0 Å². The maximum absolute atomic E-state index is 12.4. The molecule has 116 valence electrons. The molecule has 0 aliphatic carbocycles. The van der Waals surface area contributed by atoms with Crippen LogP contribution in [0.1, 0.15) is 10.4 Å². The molecule has 0 bridgehead atoms. The normalized spacial score (nSPS) is 11.5. The molecule has 0 fully saturated rings. The Balaban J connectivity index is 2.19. The number of benzene rings is 2. The van der Waals surface area contributed by atoms with E-state index in [1.165, 1.54) is 12.1 Å². The van der Waals surface area contributed by atoms with Crippen LogP contribution in [0.15, 0.2) is 53.4 Å². The Morgan fingerprint density at radius 1 is 1.09 bits per heavy atom. The highest BCUT2D eigenvalue weighted by Crippen LogP contribution is 2.21. The van der Waals surface area contributed by atoms with Crippen LogP contribution in [-0.4, -0.2) is 20.1 Å². The number of carbonyl (C=O) groups excluding carboxylic acids is 1. The minimum Gasteiger partial charge on any atom is -0.423 e. The third-order valence-electron chi connectivity index (χ3n) is 2.66. The lowest BCUT2D eigenvalue weighted by Gasteiger charge is -2.06. The van der Waals surface area contributed by atoms with E-state index in [2.05, 4.69) is 0 Å². The van der Waals surface area contributed by atoms with Gasteiger partial charge in [-0.05, 0) is 42.5 Å². The predicted molar refractivity (Wildman–Crippen MR) is 76.0 cm³/mol. The Hall–Kier alpha value is -1.99. The lowest BCUT2D eigenvalue weighted by atomic mass is 10.2. The van der Waals surface area contributed by atoms with E-state index in [9.17, 15) is 22.0 Å². The van der Waals surface area contributed by atoms with Gasteiger partial charge < -0.3 is 4.74 Å². The Morgan fingerprint density at radius 2 is 1.73 bits per heavy atom.